The van der Waals surface area contributed by atoms with E-state index in [4.69, 9.17) is 4.74 Å². The molecule has 1 aliphatic heterocycles. The van der Waals surface area contributed by atoms with Crippen LogP contribution in [0.1, 0.15) is 24.0 Å². The summed E-state index contributed by atoms with van der Waals surface area (Å²) >= 11 is 1.63. The van der Waals surface area contributed by atoms with E-state index >= 15 is 0 Å². The van der Waals surface area contributed by atoms with Gasteiger partial charge in [0.2, 0.25) is 5.91 Å². The van der Waals surface area contributed by atoms with Crippen LogP contribution in [0.5, 0.6) is 5.75 Å². The third-order valence-electron chi connectivity index (χ3n) is 4.73. The molecular formula is C22H28N2O2S. The van der Waals surface area contributed by atoms with Crippen LogP contribution in [-0.4, -0.2) is 42.8 Å². The third kappa shape index (κ3) is 6.60. The van der Waals surface area contributed by atoms with Crippen LogP contribution in [0.2, 0.25) is 0 Å². The molecule has 1 heterocycles. The molecule has 1 aliphatic rings. The van der Waals surface area contributed by atoms with Crippen molar-refractivity contribution in [2.75, 3.05) is 31.2 Å². The Balaban J connectivity index is 1.39. The molecule has 3 rings (SSSR count). The maximum Gasteiger partial charge on any atom is 0.234 e. The molecule has 2 aromatic rings. The van der Waals surface area contributed by atoms with Crippen LogP contribution < -0.4 is 10.1 Å². The predicted octanol–water partition coefficient (Wildman–Crippen LogP) is 4.34. The number of hydrogen-bond donors (Lipinski definition) is 1. The van der Waals surface area contributed by atoms with Gasteiger partial charge in [-0.1, -0.05) is 29.8 Å². The second-order valence-corrected chi connectivity index (χ2v) is 8.16. The SMILES string of the molecule is Cc1ccc(CSCC(=O)Nc2ccc(OC3CCN(C)CC3)cc2)cc1. The molecule has 1 fully saturated rings. The van der Waals surface area contributed by atoms with Gasteiger partial charge in [-0.2, -0.15) is 0 Å². The first-order valence-corrected chi connectivity index (χ1v) is 10.6. The molecule has 0 aliphatic carbocycles. The van der Waals surface area contributed by atoms with Crippen molar-refractivity contribution in [2.24, 2.45) is 0 Å². The number of amides is 1. The monoisotopic (exact) mass is 384 g/mol. The second kappa shape index (κ2) is 9.81. The molecule has 0 bridgehead atoms. The molecule has 0 spiro atoms. The molecule has 2 aromatic carbocycles. The topological polar surface area (TPSA) is 41.6 Å². The number of anilines is 1. The van der Waals surface area contributed by atoms with E-state index in [1.807, 2.05) is 24.3 Å². The Hall–Kier alpha value is -1.98. The van der Waals surface area contributed by atoms with E-state index in [-0.39, 0.29) is 5.91 Å². The summed E-state index contributed by atoms with van der Waals surface area (Å²) in [5.74, 6) is 2.19. The van der Waals surface area contributed by atoms with Crippen LogP contribution in [0, 0.1) is 6.92 Å². The van der Waals surface area contributed by atoms with Gasteiger partial charge in [-0.15, -0.1) is 11.8 Å². The zero-order chi connectivity index (χ0) is 19.1. The minimum absolute atomic E-state index is 0.0242. The van der Waals surface area contributed by atoms with Crippen LogP contribution >= 0.6 is 11.8 Å². The lowest BCUT2D eigenvalue weighted by Crippen LogP contribution is -2.35. The summed E-state index contributed by atoms with van der Waals surface area (Å²) in [4.78, 5) is 14.5. The lowest BCUT2D eigenvalue weighted by Gasteiger charge is -2.29. The van der Waals surface area contributed by atoms with E-state index in [0.717, 1.165) is 43.1 Å². The van der Waals surface area contributed by atoms with Crippen LogP contribution in [0.15, 0.2) is 48.5 Å². The van der Waals surface area contributed by atoms with Gasteiger partial charge < -0.3 is 15.0 Å². The van der Waals surface area contributed by atoms with Gasteiger partial charge in [0.15, 0.2) is 0 Å². The molecule has 144 valence electrons. The Bertz CT molecular complexity index is 723. The first kappa shape index (κ1) is 19.8. The maximum atomic E-state index is 12.1. The molecule has 0 radical (unpaired) electrons. The van der Waals surface area contributed by atoms with Crippen molar-refractivity contribution in [1.82, 2.24) is 4.90 Å². The summed E-state index contributed by atoms with van der Waals surface area (Å²) < 4.78 is 6.04. The van der Waals surface area contributed by atoms with Crippen molar-refractivity contribution in [3.63, 3.8) is 0 Å². The largest absolute Gasteiger partial charge is 0.490 e. The summed E-state index contributed by atoms with van der Waals surface area (Å²) in [5, 5.41) is 2.95. The molecule has 1 saturated heterocycles. The van der Waals surface area contributed by atoms with Crippen molar-refractivity contribution >= 4 is 23.4 Å². The quantitative estimate of drug-likeness (QED) is 0.771. The van der Waals surface area contributed by atoms with Gasteiger partial charge in [0.1, 0.15) is 11.9 Å². The van der Waals surface area contributed by atoms with Crippen molar-refractivity contribution in [1.29, 1.82) is 0 Å². The van der Waals surface area contributed by atoms with Crippen LogP contribution in [0.4, 0.5) is 5.69 Å². The lowest BCUT2D eigenvalue weighted by atomic mass is 10.1. The van der Waals surface area contributed by atoms with Gasteiger partial charge in [-0.25, -0.2) is 0 Å². The molecular weight excluding hydrogens is 356 g/mol. The number of thioether (sulfide) groups is 1. The van der Waals surface area contributed by atoms with E-state index in [1.165, 1.54) is 11.1 Å². The predicted molar refractivity (Wildman–Crippen MR) is 114 cm³/mol. The number of nitrogens with zero attached hydrogens (tertiary/aromatic N) is 1. The molecule has 1 amide bonds. The van der Waals surface area contributed by atoms with E-state index in [2.05, 4.69) is 48.5 Å². The Labute approximate surface area is 166 Å². The fourth-order valence-electron chi connectivity index (χ4n) is 3.05. The smallest absolute Gasteiger partial charge is 0.234 e. The minimum Gasteiger partial charge on any atom is -0.490 e. The fourth-order valence-corrected chi connectivity index (χ4v) is 3.84. The average molecular weight is 385 g/mol. The molecule has 4 nitrogen and oxygen atoms in total. The number of hydrogen-bond acceptors (Lipinski definition) is 4. The van der Waals surface area contributed by atoms with Crippen LogP contribution in [-0.2, 0) is 10.5 Å². The number of carbonyl (C=O) groups excluding carboxylic acids is 1. The highest BCUT2D eigenvalue weighted by Crippen LogP contribution is 2.21. The Morgan fingerprint density at radius 2 is 1.78 bits per heavy atom. The van der Waals surface area contributed by atoms with Gasteiger partial charge in [0, 0.05) is 24.5 Å². The van der Waals surface area contributed by atoms with Crippen LogP contribution in [0.3, 0.4) is 0 Å². The molecule has 0 aromatic heterocycles. The number of piperidine rings is 1. The number of likely N-dealkylation sites (tertiary alicyclic amines) is 1. The second-order valence-electron chi connectivity index (χ2n) is 7.17. The van der Waals surface area contributed by atoms with Gasteiger partial charge in [-0.05, 0) is 56.6 Å². The summed E-state index contributed by atoms with van der Waals surface area (Å²) in [6, 6.07) is 16.1. The number of carbonyl (C=O) groups is 1. The highest BCUT2D eigenvalue weighted by Gasteiger charge is 2.17. The highest BCUT2D eigenvalue weighted by molar-refractivity contribution is 7.99. The Morgan fingerprint density at radius 3 is 2.44 bits per heavy atom. The van der Waals surface area contributed by atoms with E-state index < -0.39 is 0 Å². The zero-order valence-electron chi connectivity index (χ0n) is 16.1. The average Bonchev–Trinajstić information content (AvgIpc) is 2.67. The van der Waals surface area contributed by atoms with E-state index in [0.29, 0.717) is 11.9 Å². The summed E-state index contributed by atoms with van der Waals surface area (Å²) in [5.41, 5.74) is 3.31. The number of benzene rings is 2. The Morgan fingerprint density at radius 1 is 1.11 bits per heavy atom. The standard InChI is InChI=1S/C22H28N2O2S/c1-17-3-5-18(6-4-17)15-27-16-22(25)23-19-7-9-20(10-8-19)26-21-11-13-24(2)14-12-21/h3-10,21H,11-16H2,1-2H3,(H,23,25). The maximum absolute atomic E-state index is 12.1. The van der Waals surface area contributed by atoms with E-state index in [1.54, 1.807) is 11.8 Å². The van der Waals surface area contributed by atoms with Gasteiger partial charge in [0.05, 0.1) is 5.75 Å². The summed E-state index contributed by atoms with van der Waals surface area (Å²) in [6.07, 6.45) is 2.42. The van der Waals surface area contributed by atoms with Crippen molar-refractivity contribution in [2.45, 2.75) is 31.6 Å². The highest BCUT2D eigenvalue weighted by atomic mass is 32.2. The summed E-state index contributed by atoms with van der Waals surface area (Å²) in [6.45, 7) is 4.24. The molecule has 5 heteroatoms. The van der Waals surface area contributed by atoms with Crippen molar-refractivity contribution in [3.8, 4) is 5.75 Å². The third-order valence-corrected chi connectivity index (χ3v) is 5.73. The summed E-state index contributed by atoms with van der Waals surface area (Å²) in [7, 11) is 2.15. The van der Waals surface area contributed by atoms with E-state index in [9.17, 15) is 4.79 Å². The first-order chi connectivity index (χ1) is 13.1. The minimum atomic E-state index is 0.0242. The lowest BCUT2D eigenvalue weighted by molar-refractivity contribution is -0.113. The molecule has 0 saturated carbocycles. The molecule has 27 heavy (non-hydrogen) atoms. The van der Waals surface area contributed by atoms with Crippen LogP contribution in [0.25, 0.3) is 0 Å². The molecule has 1 N–H and O–H groups in total. The Kier molecular flexibility index (Phi) is 7.18. The normalized spacial score (nSPS) is 15.5. The number of aryl methyl sites for hydroxylation is 1. The molecule has 0 atom stereocenters. The van der Waals surface area contributed by atoms with Gasteiger partial charge in [0.25, 0.3) is 0 Å². The number of nitrogens with one attached hydrogen (secondary N) is 1. The first-order valence-electron chi connectivity index (χ1n) is 9.47. The fraction of sp³-hybridized carbons (Fsp3) is 0.409. The van der Waals surface area contributed by atoms with Gasteiger partial charge in [-0.3, -0.25) is 4.79 Å². The number of rotatable bonds is 7. The molecule has 0 unspecified atom stereocenters. The van der Waals surface area contributed by atoms with Gasteiger partial charge >= 0.3 is 0 Å². The zero-order valence-corrected chi connectivity index (χ0v) is 16.9. The number of ether oxygens (including phenoxy) is 1. The van der Waals surface area contributed by atoms with Crippen molar-refractivity contribution in [3.05, 3.63) is 59.7 Å². The van der Waals surface area contributed by atoms with Crippen molar-refractivity contribution < 1.29 is 9.53 Å².